The largest absolute Gasteiger partial charge is 0.390 e. The number of nitrogens with one attached hydrogen (secondary N) is 4. The second-order valence-corrected chi connectivity index (χ2v) is 34.4. The lowest BCUT2D eigenvalue weighted by Crippen LogP contribution is -2.68. The van der Waals surface area contributed by atoms with Crippen molar-refractivity contribution in [2.45, 2.75) is 279 Å². The minimum Gasteiger partial charge on any atom is -0.390 e. The number of unbranched alkanes of at least 4 members (excludes halogenated alkanes) is 3. The summed E-state index contributed by atoms with van der Waals surface area (Å²) in [6, 6.07) is -2.36. The summed E-state index contributed by atoms with van der Waals surface area (Å²) in [4.78, 5) is 129. The summed E-state index contributed by atoms with van der Waals surface area (Å²) in [6.45, 7) is 31.7. The first kappa shape index (κ1) is 73.2. The van der Waals surface area contributed by atoms with Gasteiger partial charge in [-0.25, -0.2) is 19.2 Å². The van der Waals surface area contributed by atoms with Crippen LogP contribution in [0.25, 0.3) is 0 Å². The normalized spacial score (nSPS) is 28.1. The van der Waals surface area contributed by atoms with E-state index in [4.69, 9.17) is 0 Å². The van der Waals surface area contributed by atoms with E-state index in [9.17, 15) is 58.8 Å². The van der Waals surface area contributed by atoms with Gasteiger partial charge in [0.2, 0.25) is 0 Å². The molecule has 8 aliphatic rings. The predicted molar refractivity (Wildman–Crippen MR) is 348 cm³/mol. The molecule has 8 aliphatic heterocycles. The first-order chi connectivity index (χ1) is 41.9. The Bertz CT molecular complexity index is 2430. The topological polar surface area (TPSA) is 298 Å². The smallest absolute Gasteiger partial charge is 0.325 e. The molecule has 8 N–H and O–H groups in total. The first-order valence-corrected chi connectivity index (χ1v) is 33.6. The maximum Gasteiger partial charge on any atom is 0.325 e. The van der Waals surface area contributed by atoms with Gasteiger partial charge in [0.25, 0.3) is 23.6 Å². The molecule has 8 heterocycles. The van der Waals surface area contributed by atoms with E-state index in [0.717, 1.165) is 19.6 Å². The quantitative estimate of drug-likeness (QED) is 0.0539. The Morgan fingerprint density at radius 3 is 0.641 bits per heavy atom. The van der Waals surface area contributed by atoms with Crippen LogP contribution in [0.15, 0.2) is 0 Å². The Morgan fingerprint density at radius 2 is 0.478 bits per heavy atom. The molecule has 4 atom stereocenters. The molecule has 522 valence electrons. The van der Waals surface area contributed by atoms with E-state index in [1.165, 1.54) is 0 Å². The average Bonchev–Trinajstić information content (AvgIpc) is 1.42. The highest BCUT2D eigenvalue weighted by atomic mass is 16.3. The summed E-state index contributed by atoms with van der Waals surface area (Å²) in [7, 11) is 8.04. The fourth-order valence-corrected chi connectivity index (χ4v) is 18.5. The van der Waals surface area contributed by atoms with Crippen molar-refractivity contribution < 1.29 is 58.8 Å². The molecular weight excluding hydrogens is 1180 g/mol. The molecule has 26 heteroatoms. The molecular formula is C66H116N14O12. The molecule has 4 spiro atoms. The number of imide groups is 4. The maximum absolute atomic E-state index is 14.4. The fraction of sp³-hybridized carbons (Fsp3) is 0.879. The zero-order valence-electron chi connectivity index (χ0n) is 59.4. The third-order valence-corrected chi connectivity index (χ3v) is 23.3. The summed E-state index contributed by atoms with van der Waals surface area (Å²) >= 11 is 0. The summed E-state index contributed by atoms with van der Waals surface area (Å²) < 4.78 is 0. The van der Waals surface area contributed by atoms with Gasteiger partial charge >= 0.3 is 24.1 Å². The molecule has 92 heavy (non-hydrogen) atoms. The standard InChI is InChI=1S/C66H116N14O12/c1-55(2)35-63(36-56(3,4)71(55)17)47(85)77(51(89)67-63)31-43(81)27-75(28-44(82)32-78-48(86)64(68-52(78)90)37-57(5,6)72(18)58(7,8)38-64)25-23-21-22-24-26-76(29-45(83)33-79-49(87)65(69-53(79)91)39-59(9,10)73(19)60(11,12)40-65)30-46(84)34-80-50(88)66(70-54(80)92)41-61(13,14)74(20)62(15,16)42-66/h43-46,81-84H,21-42H2,1-20H3,(H,67,89)(H,68,90)(H,69,91)(H,70,92). The van der Waals surface area contributed by atoms with Crippen LogP contribution >= 0.6 is 0 Å². The highest BCUT2D eigenvalue weighted by Crippen LogP contribution is 2.49. The van der Waals surface area contributed by atoms with Crippen LogP contribution in [0.4, 0.5) is 19.2 Å². The number of β-amino-alcohol motifs (C(OH)–C–C–N with tert-alkyl or cyclic N) is 4. The van der Waals surface area contributed by atoms with Crippen LogP contribution in [-0.4, -0.2) is 302 Å². The van der Waals surface area contributed by atoms with Gasteiger partial charge in [-0.3, -0.25) is 68.2 Å². The highest BCUT2D eigenvalue weighted by Gasteiger charge is 2.65. The number of hydrogen-bond acceptors (Lipinski definition) is 18. The van der Waals surface area contributed by atoms with E-state index in [0.29, 0.717) is 90.1 Å². The molecule has 0 aromatic heterocycles. The van der Waals surface area contributed by atoms with Crippen molar-refractivity contribution in [2.24, 2.45) is 0 Å². The number of hydrogen-bond donors (Lipinski definition) is 8. The first-order valence-electron chi connectivity index (χ1n) is 33.6. The van der Waals surface area contributed by atoms with Crippen LogP contribution in [0.3, 0.4) is 0 Å². The van der Waals surface area contributed by atoms with Crippen molar-refractivity contribution in [3.05, 3.63) is 0 Å². The van der Waals surface area contributed by atoms with Crippen molar-refractivity contribution in [3.63, 3.8) is 0 Å². The van der Waals surface area contributed by atoms with E-state index >= 15 is 0 Å². The molecule has 8 saturated heterocycles. The lowest BCUT2D eigenvalue weighted by molar-refractivity contribution is -0.141. The number of likely N-dealkylation sites (tertiary alicyclic amines) is 4. The SMILES string of the molecule is CN1C(C)(C)CC2(CC1(C)C)NC(=O)N(CC(O)CN(CCCCCCN(CC(O)CN1C(=O)NC3(CC(C)(C)N(C)C(C)(C)C3)C1=O)CC(O)CN1C(=O)NC3(CC(C)(C)N(C)C(C)(C)C3)C1=O)CC(O)CN1C(=O)NC3(CC(C)(C)N(C)C(C)(C)C3)C1=O)C2=O. The van der Waals surface area contributed by atoms with Gasteiger partial charge in [-0.2, -0.15) is 0 Å². The van der Waals surface area contributed by atoms with Crippen molar-refractivity contribution >= 4 is 47.8 Å². The maximum atomic E-state index is 14.4. The number of urea groups is 4. The Morgan fingerprint density at radius 1 is 0.315 bits per heavy atom. The molecule has 0 saturated carbocycles. The molecule has 0 radical (unpaired) electrons. The van der Waals surface area contributed by atoms with Gasteiger partial charge < -0.3 is 41.7 Å². The molecule has 0 aromatic rings. The second kappa shape index (κ2) is 24.8. The zero-order valence-corrected chi connectivity index (χ0v) is 59.4. The molecule has 8 fully saturated rings. The van der Waals surface area contributed by atoms with Gasteiger partial charge in [0.05, 0.1) is 50.6 Å². The number of aliphatic hydroxyl groups excluding tert-OH is 4. The number of piperidine rings is 4. The molecule has 0 aliphatic carbocycles. The van der Waals surface area contributed by atoms with E-state index in [1.54, 1.807) is 0 Å². The Labute approximate surface area is 547 Å². The lowest BCUT2D eigenvalue weighted by atomic mass is 9.69. The van der Waals surface area contributed by atoms with Crippen LogP contribution in [0.1, 0.15) is 188 Å². The minimum atomic E-state index is -1.25. The van der Waals surface area contributed by atoms with Gasteiger partial charge in [0, 0.05) is 70.5 Å². The molecule has 4 unspecified atom stereocenters. The minimum absolute atomic E-state index is 0.0698. The van der Waals surface area contributed by atoms with Crippen molar-refractivity contribution in [2.75, 3.05) is 93.6 Å². The highest BCUT2D eigenvalue weighted by molar-refractivity contribution is 6.09. The van der Waals surface area contributed by atoms with Crippen molar-refractivity contribution in [1.29, 1.82) is 0 Å². The third-order valence-electron chi connectivity index (χ3n) is 23.3. The average molecular weight is 1300 g/mol. The number of aliphatic hydroxyl groups is 4. The van der Waals surface area contributed by atoms with E-state index in [2.05, 4.69) is 40.9 Å². The zero-order chi connectivity index (χ0) is 69.1. The van der Waals surface area contributed by atoms with Crippen molar-refractivity contribution in [1.82, 2.24) is 70.3 Å². The molecule has 0 bridgehead atoms. The Hall–Kier alpha value is -4.64. The monoisotopic (exact) mass is 1300 g/mol. The van der Waals surface area contributed by atoms with Gasteiger partial charge in [0.15, 0.2) is 0 Å². The molecule has 26 nitrogen and oxygen atoms in total. The molecule has 8 rings (SSSR count). The summed E-state index contributed by atoms with van der Waals surface area (Å²) in [5.41, 5.74) is -8.21. The molecule has 12 amide bonds. The fourth-order valence-electron chi connectivity index (χ4n) is 18.5. The van der Waals surface area contributed by atoms with E-state index < -0.39 is 139 Å². The Kier molecular flexibility index (Phi) is 19.7. The lowest BCUT2D eigenvalue weighted by Gasteiger charge is -2.56. The molecule has 0 aromatic carbocycles. The number of carbonyl (C=O) groups excluding carboxylic acids is 8. The van der Waals surface area contributed by atoms with Crippen molar-refractivity contribution in [3.8, 4) is 0 Å². The second-order valence-electron chi connectivity index (χ2n) is 34.4. The summed E-state index contributed by atoms with van der Waals surface area (Å²) in [6.07, 6.45) is 0.253. The van der Waals surface area contributed by atoms with E-state index in [1.807, 2.05) is 149 Å². The van der Waals surface area contributed by atoms with Gasteiger partial charge in [-0.15, -0.1) is 0 Å². The van der Waals surface area contributed by atoms with Crippen LogP contribution < -0.4 is 21.3 Å². The van der Waals surface area contributed by atoms with Crippen LogP contribution in [0.2, 0.25) is 0 Å². The summed E-state index contributed by atoms with van der Waals surface area (Å²) in [5.74, 6) is -1.62. The Balaban J connectivity index is 0.949. The number of amides is 12. The summed E-state index contributed by atoms with van der Waals surface area (Å²) in [5, 5.41) is 59.4. The van der Waals surface area contributed by atoms with Gasteiger partial charge in [0.1, 0.15) is 22.2 Å². The number of rotatable bonds is 23. The van der Waals surface area contributed by atoms with Crippen LogP contribution in [-0.2, 0) is 19.2 Å². The van der Waals surface area contributed by atoms with Crippen LogP contribution in [0, 0.1) is 0 Å². The van der Waals surface area contributed by atoms with Gasteiger partial charge in [-0.05, 0) is 216 Å². The van der Waals surface area contributed by atoms with Gasteiger partial charge in [-0.1, -0.05) is 12.8 Å². The predicted octanol–water partition coefficient (Wildman–Crippen LogP) is 2.89. The number of carbonyl (C=O) groups is 8. The number of nitrogens with zero attached hydrogens (tertiary/aromatic N) is 10. The van der Waals surface area contributed by atoms with Crippen LogP contribution in [0.5, 0.6) is 0 Å². The third kappa shape index (κ3) is 14.0. The van der Waals surface area contributed by atoms with E-state index in [-0.39, 0.29) is 52.4 Å².